The first-order valence-corrected chi connectivity index (χ1v) is 30.6. The van der Waals surface area contributed by atoms with Crippen molar-refractivity contribution in [2.24, 2.45) is 0 Å². The van der Waals surface area contributed by atoms with Gasteiger partial charge >= 0.3 is 0 Å². The lowest BCUT2D eigenvalue weighted by molar-refractivity contribution is 0.0584. The van der Waals surface area contributed by atoms with Crippen LogP contribution in [0.1, 0.15) is 215 Å². The minimum atomic E-state index is -0.948. The molecule has 7 rings (SSSR count). The zero-order valence-corrected chi connectivity index (χ0v) is 49.3. The molecule has 0 saturated carbocycles. The summed E-state index contributed by atoms with van der Waals surface area (Å²) in [7, 11) is 3.66. The third-order valence-corrected chi connectivity index (χ3v) is 16.9. The van der Waals surface area contributed by atoms with E-state index < -0.39 is 11.2 Å². The van der Waals surface area contributed by atoms with Gasteiger partial charge in [-0.3, -0.25) is 0 Å². The topological polar surface area (TPSA) is 55.4 Å². The molecule has 402 valence electrons. The fraction of sp³-hybridized carbons (Fsp3) is 0.545. The van der Waals surface area contributed by atoms with Crippen LogP contribution in [-0.2, 0) is 20.7 Å². The van der Waals surface area contributed by atoms with Crippen LogP contribution in [0.2, 0.25) is 0 Å². The van der Waals surface area contributed by atoms with Crippen molar-refractivity contribution >= 4 is 31.9 Å². The SMILES string of the molecule is CCCCCCCCOc1ccc2c(c1)-c1cc(OCCCCCCCC)ccc1C2(OC)c1cc(Br)c(C2(OC)c3ccc(OCCCCCCCC)cc3-c3cc(OCCCCCCCC)ccc32)cc1Br. The normalized spacial score (nSPS) is 13.6. The molecule has 0 bridgehead atoms. The minimum absolute atomic E-state index is 0.698. The Morgan fingerprint density at radius 3 is 0.757 bits per heavy atom. The molecule has 74 heavy (non-hydrogen) atoms. The number of ether oxygens (including phenoxy) is 6. The second-order valence-electron chi connectivity index (χ2n) is 20.9. The molecule has 6 nitrogen and oxygen atoms in total. The second kappa shape index (κ2) is 29.6. The van der Waals surface area contributed by atoms with E-state index in [0.717, 1.165) is 113 Å². The van der Waals surface area contributed by atoms with Gasteiger partial charge in [-0.2, -0.15) is 0 Å². The van der Waals surface area contributed by atoms with Gasteiger partial charge in [0.1, 0.15) is 34.2 Å². The minimum Gasteiger partial charge on any atom is -0.494 e. The van der Waals surface area contributed by atoms with Crippen LogP contribution in [0.3, 0.4) is 0 Å². The molecule has 0 heterocycles. The number of methoxy groups -OCH3 is 2. The largest absolute Gasteiger partial charge is 0.494 e. The van der Waals surface area contributed by atoms with Crippen molar-refractivity contribution in [3.63, 3.8) is 0 Å². The molecule has 8 heteroatoms. The first kappa shape index (κ1) is 57.9. The van der Waals surface area contributed by atoms with E-state index in [0.29, 0.717) is 26.4 Å². The van der Waals surface area contributed by atoms with E-state index in [1.807, 2.05) is 14.2 Å². The molecule has 5 aromatic carbocycles. The smallest absolute Gasteiger partial charge is 0.145 e. The maximum absolute atomic E-state index is 6.94. The summed E-state index contributed by atoms with van der Waals surface area (Å²) in [5.41, 5.74) is 8.71. The molecule has 0 fully saturated rings. The van der Waals surface area contributed by atoms with E-state index in [-0.39, 0.29) is 0 Å². The van der Waals surface area contributed by atoms with Crippen LogP contribution in [0.5, 0.6) is 23.0 Å². The molecule has 5 aromatic rings. The van der Waals surface area contributed by atoms with Crippen molar-refractivity contribution in [3.8, 4) is 45.3 Å². The van der Waals surface area contributed by atoms with Crippen molar-refractivity contribution in [3.05, 3.63) is 127 Å². The standard InChI is InChI=1S/C66H88Br2O6/c1-7-11-15-19-23-27-39-71-49-31-35-57-53(43-49)54-44-50(72-40-28-24-20-16-12-8-2)32-36-58(54)65(57,69-5)61-47-64(68)62(48-63(61)67)66(70-6)59-37-33-51(73-41-29-25-21-17-13-9-3)45-55(59)56-46-52(34-38-60(56)66)74-42-30-26-22-18-14-10-4/h31-38,43-48H,7-30,39-42H2,1-6H3. The Morgan fingerprint density at radius 2 is 0.527 bits per heavy atom. The number of benzene rings is 5. The average molecular weight is 1140 g/mol. The predicted octanol–water partition coefficient (Wildman–Crippen LogP) is 20.0. The Labute approximate surface area is 463 Å². The monoisotopic (exact) mass is 1130 g/mol. The Kier molecular flexibility index (Phi) is 23.2. The Bertz CT molecular complexity index is 2210. The van der Waals surface area contributed by atoms with Gasteiger partial charge in [0.15, 0.2) is 0 Å². The zero-order valence-electron chi connectivity index (χ0n) is 46.1. The van der Waals surface area contributed by atoms with Gasteiger partial charge in [0.25, 0.3) is 0 Å². The maximum Gasteiger partial charge on any atom is 0.145 e. The average Bonchev–Trinajstić information content (AvgIpc) is 3.87. The van der Waals surface area contributed by atoms with Crippen molar-refractivity contribution in [1.82, 2.24) is 0 Å². The van der Waals surface area contributed by atoms with Crippen LogP contribution in [0.15, 0.2) is 93.9 Å². The van der Waals surface area contributed by atoms with Crippen molar-refractivity contribution in [1.29, 1.82) is 0 Å². The van der Waals surface area contributed by atoms with Gasteiger partial charge in [0.05, 0.1) is 26.4 Å². The van der Waals surface area contributed by atoms with E-state index in [9.17, 15) is 0 Å². The number of halogens is 2. The molecule has 0 atom stereocenters. The zero-order chi connectivity index (χ0) is 52.2. The Balaban J connectivity index is 1.24. The summed E-state index contributed by atoms with van der Waals surface area (Å²) in [5.74, 6) is 3.49. The molecule has 2 aliphatic carbocycles. The van der Waals surface area contributed by atoms with E-state index in [4.69, 9.17) is 28.4 Å². The lowest BCUT2D eigenvalue weighted by Gasteiger charge is -2.36. The molecule has 0 unspecified atom stereocenters. The van der Waals surface area contributed by atoms with E-state index in [2.05, 4.69) is 144 Å². The first-order valence-electron chi connectivity index (χ1n) is 29.0. The number of unbranched alkanes of at least 4 members (excludes halogenated alkanes) is 20. The van der Waals surface area contributed by atoms with Crippen molar-refractivity contribution in [2.75, 3.05) is 40.6 Å². The maximum atomic E-state index is 6.94. The van der Waals surface area contributed by atoms with Crippen LogP contribution < -0.4 is 18.9 Å². The molecule has 0 radical (unpaired) electrons. The lowest BCUT2D eigenvalue weighted by Crippen LogP contribution is -2.32. The summed E-state index contributed by atoms with van der Waals surface area (Å²) in [5, 5.41) is 0. The van der Waals surface area contributed by atoms with Gasteiger partial charge in [-0.1, -0.05) is 212 Å². The molecule has 0 aliphatic heterocycles. The van der Waals surface area contributed by atoms with Crippen LogP contribution in [0.4, 0.5) is 0 Å². The number of fused-ring (bicyclic) bond motifs is 6. The molecule has 0 spiro atoms. The number of rotatable bonds is 36. The predicted molar refractivity (Wildman–Crippen MR) is 315 cm³/mol. The van der Waals surface area contributed by atoms with Crippen LogP contribution >= 0.6 is 31.9 Å². The molecule has 0 amide bonds. The highest BCUT2D eigenvalue weighted by Crippen LogP contribution is 2.60. The summed E-state index contributed by atoms with van der Waals surface area (Å²) >= 11 is 8.39. The number of hydrogen-bond acceptors (Lipinski definition) is 6. The van der Waals surface area contributed by atoms with Gasteiger partial charge in [-0.15, -0.1) is 0 Å². The molecular weight excluding hydrogens is 1050 g/mol. The van der Waals surface area contributed by atoms with Crippen molar-refractivity contribution in [2.45, 2.75) is 193 Å². The summed E-state index contributed by atoms with van der Waals surface area (Å²) in [6.07, 6.45) is 29.3. The molecule has 2 aliphatic rings. The van der Waals surface area contributed by atoms with Gasteiger partial charge in [0, 0.05) is 56.5 Å². The number of hydrogen-bond donors (Lipinski definition) is 0. The van der Waals surface area contributed by atoms with Crippen LogP contribution in [0, 0.1) is 0 Å². The third kappa shape index (κ3) is 13.6. The van der Waals surface area contributed by atoms with Crippen LogP contribution in [0.25, 0.3) is 22.3 Å². The molecule has 0 N–H and O–H groups in total. The fourth-order valence-corrected chi connectivity index (χ4v) is 12.7. The quantitative estimate of drug-likeness (QED) is 0.0373. The summed E-state index contributed by atoms with van der Waals surface area (Å²) in [6, 6.07) is 30.6. The van der Waals surface area contributed by atoms with E-state index in [1.165, 1.54) is 128 Å². The molecule has 0 saturated heterocycles. The highest BCUT2D eigenvalue weighted by molar-refractivity contribution is 9.11. The Hall–Kier alpha value is -3.82. The van der Waals surface area contributed by atoms with Gasteiger partial charge in [-0.25, -0.2) is 0 Å². The third-order valence-electron chi connectivity index (χ3n) is 15.6. The summed E-state index contributed by atoms with van der Waals surface area (Å²) in [4.78, 5) is 0. The lowest BCUT2D eigenvalue weighted by atomic mass is 9.80. The second-order valence-corrected chi connectivity index (χ2v) is 22.6. The van der Waals surface area contributed by atoms with Crippen LogP contribution in [-0.4, -0.2) is 40.6 Å². The van der Waals surface area contributed by atoms with Gasteiger partial charge in [-0.05, 0) is 109 Å². The van der Waals surface area contributed by atoms with Gasteiger partial charge < -0.3 is 28.4 Å². The van der Waals surface area contributed by atoms with Crippen molar-refractivity contribution < 1.29 is 28.4 Å². The summed E-state index contributed by atoms with van der Waals surface area (Å²) < 4.78 is 41.6. The molecular formula is C66H88Br2O6. The first-order chi connectivity index (χ1) is 36.3. The Morgan fingerprint density at radius 1 is 0.297 bits per heavy atom. The van der Waals surface area contributed by atoms with E-state index in [1.54, 1.807) is 0 Å². The molecule has 0 aromatic heterocycles. The summed E-state index contributed by atoms with van der Waals surface area (Å²) in [6.45, 7) is 11.9. The highest BCUT2D eigenvalue weighted by Gasteiger charge is 2.50. The van der Waals surface area contributed by atoms with Gasteiger partial charge in [0.2, 0.25) is 0 Å². The highest BCUT2D eigenvalue weighted by atomic mass is 79.9. The fourth-order valence-electron chi connectivity index (χ4n) is 11.5. The van der Waals surface area contributed by atoms with E-state index >= 15 is 0 Å².